The van der Waals surface area contributed by atoms with Gasteiger partial charge in [-0.15, -0.1) is 11.3 Å². The van der Waals surface area contributed by atoms with Gasteiger partial charge in [0.05, 0.1) is 0 Å². The zero-order chi connectivity index (χ0) is 12.4. The molecule has 0 fully saturated rings. The minimum absolute atomic E-state index is 0.887. The molecule has 0 radical (unpaired) electrons. The Labute approximate surface area is 115 Å². The van der Waals surface area contributed by atoms with Crippen LogP contribution in [-0.2, 0) is 6.54 Å². The van der Waals surface area contributed by atoms with Gasteiger partial charge < -0.3 is 5.32 Å². The van der Waals surface area contributed by atoms with Gasteiger partial charge in [-0.1, -0.05) is 12.1 Å². The molecule has 0 aliphatic carbocycles. The van der Waals surface area contributed by atoms with Crippen molar-refractivity contribution in [1.29, 1.82) is 0 Å². The number of halogens is 1. The summed E-state index contributed by atoms with van der Waals surface area (Å²) in [5, 5.41) is 3.48. The lowest BCUT2D eigenvalue weighted by Gasteiger charge is -2.10. The van der Waals surface area contributed by atoms with Gasteiger partial charge in [0.1, 0.15) is 0 Å². The van der Waals surface area contributed by atoms with Gasteiger partial charge in [-0.3, -0.25) is 0 Å². The molecule has 17 heavy (non-hydrogen) atoms. The summed E-state index contributed by atoms with van der Waals surface area (Å²) in [6, 6.07) is 8.55. The Kier molecular flexibility index (Phi) is 3.89. The van der Waals surface area contributed by atoms with Crippen molar-refractivity contribution in [3.05, 3.63) is 49.6 Å². The van der Waals surface area contributed by atoms with Crippen molar-refractivity contribution in [2.24, 2.45) is 0 Å². The maximum absolute atomic E-state index is 3.62. The number of hydrogen-bond donors (Lipinski definition) is 1. The first-order valence-corrected chi connectivity index (χ1v) is 7.24. The quantitative estimate of drug-likeness (QED) is 0.836. The minimum atomic E-state index is 0.887. The molecule has 0 amide bonds. The number of nitrogens with one attached hydrogen (secondary N) is 1. The van der Waals surface area contributed by atoms with Crippen molar-refractivity contribution >= 4 is 33.0 Å². The van der Waals surface area contributed by atoms with Crippen LogP contribution in [0.1, 0.15) is 20.9 Å². The number of aryl methyl sites for hydroxylation is 3. The summed E-state index contributed by atoms with van der Waals surface area (Å²) in [5.41, 5.74) is 3.81. The average molecular weight is 310 g/mol. The molecule has 1 N–H and O–H groups in total. The van der Waals surface area contributed by atoms with Crippen LogP contribution in [0, 0.1) is 20.8 Å². The third kappa shape index (κ3) is 2.90. The molecule has 0 saturated heterocycles. The van der Waals surface area contributed by atoms with Gasteiger partial charge in [-0.05, 0) is 60.0 Å². The highest BCUT2D eigenvalue weighted by atomic mass is 79.9. The molecule has 0 spiro atoms. The molecule has 0 saturated carbocycles. The van der Waals surface area contributed by atoms with E-state index in [-0.39, 0.29) is 0 Å². The van der Waals surface area contributed by atoms with Crippen LogP contribution in [-0.4, -0.2) is 0 Å². The van der Waals surface area contributed by atoms with Crippen molar-refractivity contribution in [1.82, 2.24) is 0 Å². The van der Waals surface area contributed by atoms with Gasteiger partial charge in [0.2, 0.25) is 0 Å². The fourth-order valence-electron chi connectivity index (χ4n) is 1.83. The van der Waals surface area contributed by atoms with E-state index in [1.165, 1.54) is 20.9 Å². The molecule has 0 unspecified atom stereocenters. The lowest BCUT2D eigenvalue weighted by molar-refractivity contribution is 1.13. The van der Waals surface area contributed by atoms with E-state index < -0.39 is 0 Å². The summed E-state index contributed by atoms with van der Waals surface area (Å²) in [7, 11) is 0. The summed E-state index contributed by atoms with van der Waals surface area (Å²) in [6.07, 6.45) is 0. The Hall–Kier alpha value is -0.800. The second-order valence-electron chi connectivity index (χ2n) is 4.23. The highest BCUT2D eigenvalue weighted by Gasteiger charge is 2.05. The maximum atomic E-state index is 3.62. The Morgan fingerprint density at radius 1 is 1.24 bits per heavy atom. The van der Waals surface area contributed by atoms with E-state index in [0.717, 1.165) is 16.7 Å². The van der Waals surface area contributed by atoms with Crippen LogP contribution in [0.3, 0.4) is 0 Å². The first-order valence-electron chi connectivity index (χ1n) is 5.63. The molecule has 3 heteroatoms. The number of thiophene rings is 1. The Bertz CT molecular complexity index is 531. The van der Waals surface area contributed by atoms with Gasteiger partial charge in [0.25, 0.3) is 0 Å². The van der Waals surface area contributed by atoms with Crippen LogP contribution < -0.4 is 5.32 Å². The van der Waals surface area contributed by atoms with Crippen molar-refractivity contribution in [3.8, 4) is 0 Å². The van der Waals surface area contributed by atoms with E-state index >= 15 is 0 Å². The Balaban J connectivity index is 2.12. The second-order valence-corrected chi connectivity index (χ2v) is 6.48. The van der Waals surface area contributed by atoms with Crippen molar-refractivity contribution in [3.63, 3.8) is 0 Å². The van der Waals surface area contributed by atoms with E-state index in [4.69, 9.17) is 0 Å². The lowest BCUT2D eigenvalue weighted by atomic mass is 10.2. The molecular weight excluding hydrogens is 294 g/mol. The molecule has 0 aliphatic rings. The fourth-order valence-corrected chi connectivity index (χ4v) is 3.18. The van der Waals surface area contributed by atoms with E-state index in [0.29, 0.717) is 0 Å². The Morgan fingerprint density at radius 3 is 2.65 bits per heavy atom. The lowest BCUT2D eigenvalue weighted by Crippen LogP contribution is -2.00. The smallest absolute Gasteiger partial charge is 0.0490 e. The van der Waals surface area contributed by atoms with Gasteiger partial charge in [-0.2, -0.15) is 0 Å². The third-order valence-electron chi connectivity index (χ3n) is 2.80. The largest absolute Gasteiger partial charge is 0.380 e. The first kappa shape index (κ1) is 12.7. The molecule has 0 bridgehead atoms. The average Bonchev–Trinajstić information content (AvgIpc) is 2.60. The summed E-state index contributed by atoms with van der Waals surface area (Å²) in [6.45, 7) is 7.33. The van der Waals surface area contributed by atoms with E-state index in [1.807, 2.05) is 11.3 Å². The number of anilines is 1. The molecule has 0 aliphatic heterocycles. The van der Waals surface area contributed by atoms with Crippen LogP contribution in [0.4, 0.5) is 5.69 Å². The first-order chi connectivity index (χ1) is 8.08. The molecular formula is C14H16BrNS. The highest BCUT2D eigenvalue weighted by Crippen LogP contribution is 2.27. The normalized spacial score (nSPS) is 10.6. The van der Waals surface area contributed by atoms with E-state index in [2.05, 4.69) is 66.3 Å². The van der Waals surface area contributed by atoms with Crippen LogP contribution in [0.25, 0.3) is 0 Å². The van der Waals surface area contributed by atoms with Crippen molar-refractivity contribution in [2.45, 2.75) is 27.3 Å². The monoisotopic (exact) mass is 309 g/mol. The predicted octanol–water partition coefficient (Wildman–Crippen LogP) is 5.05. The van der Waals surface area contributed by atoms with Crippen LogP contribution in [0.2, 0.25) is 0 Å². The molecule has 1 aromatic heterocycles. The summed E-state index contributed by atoms with van der Waals surface area (Å²) < 4.78 is 1.16. The molecule has 1 nitrogen and oxygen atoms in total. The molecule has 1 aromatic carbocycles. The van der Waals surface area contributed by atoms with E-state index in [9.17, 15) is 0 Å². The zero-order valence-corrected chi connectivity index (χ0v) is 12.7. The fraction of sp³-hybridized carbons (Fsp3) is 0.286. The maximum Gasteiger partial charge on any atom is 0.0490 e. The van der Waals surface area contributed by atoms with Gasteiger partial charge in [0, 0.05) is 26.5 Å². The number of hydrogen-bond acceptors (Lipinski definition) is 2. The molecule has 2 aromatic rings. The summed E-state index contributed by atoms with van der Waals surface area (Å²) in [5.74, 6) is 0. The minimum Gasteiger partial charge on any atom is -0.380 e. The van der Waals surface area contributed by atoms with Crippen LogP contribution in [0.5, 0.6) is 0 Å². The molecule has 1 heterocycles. The van der Waals surface area contributed by atoms with Crippen LogP contribution in [0.15, 0.2) is 28.7 Å². The predicted molar refractivity (Wildman–Crippen MR) is 80.0 cm³/mol. The Morgan fingerprint density at radius 2 is 2.00 bits per heavy atom. The zero-order valence-electron chi connectivity index (χ0n) is 10.3. The van der Waals surface area contributed by atoms with Crippen molar-refractivity contribution < 1.29 is 0 Å². The second kappa shape index (κ2) is 5.23. The van der Waals surface area contributed by atoms with Crippen molar-refractivity contribution in [2.75, 3.05) is 5.32 Å². The SMILES string of the molecule is Cc1cc(CNc2cccc(C)c2Br)c(C)s1. The van der Waals surface area contributed by atoms with Gasteiger partial charge >= 0.3 is 0 Å². The number of rotatable bonds is 3. The molecule has 90 valence electrons. The summed E-state index contributed by atoms with van der Waals surface area (Å²) >= 11 is 5.48. The highest BCUT2D eigenvalue weighted by molar-refractivity contribution is 9.10. The molecule has 0 atom stereocenters. The molecule has 2 rings (SSSR count). The standard InChI is InChI=1S/C14H16BrNS/c1-9-5-4-6-13(14(9)15)16-8-12-7-10(2)17-11(12)3/h4-7,16H,8H2,1-3H3. The topological polar surface area (TPSA) is 12.0 Å². The third-order valence-corrected chi connectivity index (χ3v) is 4.87. The van der Waals surface area contributed by atoms with Gasteiger partial charge in [0.15, 0.2) is 0 Å². The van der Waals surface area contributed by atoms with Crippen LogP contribution >= 0.6 is 27.3 Å². The van der Waals surface area contributed by atoms with E-state index in [1.54, 1.807) is 0 Å². The number of benzene rings is 1. The summed E-state index contributed by atoms with van der Waals surface area (Å²) in [4.78, 5) is 2.78. The van der Waals surface area contributed by atoms with Gasteiger partial charge in [-0.25, -0.2) is 0 Å².